The van der Waals surface area contributed by atoms with Crippen molar-refractivity contribution in [1.82, 2.24) is 14.5 Å². The molecule has 0 radical (unpaired) electrons. The Bertz CT molecular complexity index is 691. The van der Waals surface area contributed by atoms with Crippen LogP contribution in [0, 0.1) is 0 Å². The number of carbonyl (C=O) groups is 2. The first-order valence-corrected chi connectivity index (χ1v) is 8.35. The third-order valence-electron chi connectivity index (χ3n) is 3.34. The van der Waals surface area contributed by atoms with Gasteiger partial charge in [-0.3, -0.25) is 9.59 Å². The molecule has 9 heteroatoms. The van der Waals surface area contributed by atoms with Gasteiger partial charge in [-0.15, -0.1) is 12.4 Å². The fourth-order valence-electron chi connectivity index (χ4n) is 2.16. The summed E-state index contributed by atoms with van der Waals surface area (Å²) in [4.78, 5) is 25.8. The van der Waals surface area contributed by atoms with E-state index in [4.69, 9.17) is 0 Å². The zero-order chi connectivity index (χ0) is 16.3. The molecule has 0 fully saturated rings. The van der Waals surface area contributed by atoms with Crippen LogP contribution in [0.25, 0.3) is 0 Å². The van der Waals surface area contributed by atoms with E-state index in [1.165, 1.54) is 12.1 Å². The quantitative estimate of drug-likeness (QED) is 0.788. The van der Waals surface area contributed by atoms with Crippen molar-refractivity contribution in [1.29, 1.82) is 0 Å². The van der Waals surface area contributed by atoms with Crippen LogP contribution in [0.5, 0.6) is 0 Å². The standard InChI is InChI=1S/C14H19N3O4S.ClH/c1-16(2)10-8-15-13(18)7-9-17-14(19)11-5-3-4-6-12(11)22(17,20)21;/h3-6H,7-10H2,1-2H3,(H,15,18);1H. The van der Waals surface area contributed by atoms with Crippen LogP contribution in [-0.2, 0) is 14.8 Å². The number of sulfonamides is 1. The van der Waals surface area contributed by atoms with Gasteiger partial charge in [0.25, 0.3) is 15.9 Å². The summed E-state index contributed by atoms with van der Waals surface area (Å²) < 4.78 is 25.3. The van der Waals surface area contributed by atoms with E-state index in [1.807, 2.05) is 19.0 Å². The molecule has 23 heavy (non-hydrogen) atoms. The molecule has 0 unspecified atom stereocenters. The Balaban J connectivity index is 0.00000264. The van der Waals surface area contributed by atoms with Crippen LogP contribution in [0.4, 0.5) is 0 Å². The summed E-state index contributed by atoms with van der Waals surface area (Å²) in [6.07, 6.45) is -0.0492. The van der Waals surface area contributed by atoms with Gasteiger partial charge in [-0.25, -0.2) is 12.7 Å². The van der Waals surface area contributed by atoms with Crippen molar-refractivity contribution in [3.63, 3.8) is 0 Å². The number of amides is 2. The van der Waals surface area contributed by atoms with Gasteiger partial charge in [-0.2, -0.15) is 0 Å². The van der Waals surface area contributed by atoms with Gasteiger partial charge in [0.15, 0.2) is 0 Å². The van der Waals surface area contributed by atoms with E-state index in [0.29, 0.717) is 13.1 Å². The second-order valence-corrected chi connectivity index (χ2v) is 7.11. The van der Waals surface area contributed by atoms with Crippen LogP contribution in [0.15, 0.2) is 29.2 Å². The minimum Gasteiger partial charge on any atom is -0.355 e. The summed E-state index contributed by atoms with van der Waals surface area (Å²) in [6, 6.07) is 6.07. The molecule has 1 aliphatic heterocycles. The molecule has 2 amide bonds. The summed E-state index contributed by atoms with van der Waals surface area (Å²) >= 11 is 0. The van der Waals surface area contributed by atoms with Crippen molar-refractivity contribution in [2.45, 2.75) is 11.3 Å². The van der Waals surface area contributed by atoms with Gasteiger partial charge in [0.05, 0.1) is 5.56 Å². The molecule has 0 aromatic heterocycles. The van der Waals surface area contributed by atoms with Gasteiger partial charge < -0.3 is 10.2 Å². The maximum atomic E-state index is 12.3. The predicted molar refractivity (Wildman–Crippen MR) is 88.1 cm³/mol. The van der Waals surface area contributed by atoms with E-state index in [0.717, 1.165) is 4.31 Å². The first-order valence-electron chi connectivity index (χ1n) is 6.91. The molecule has 1 aromatic rings. The first kappa shape index (κ1) is 19.4. The highest BCUT2D eigenvalue weighted by Crippen LogP contribution is 2.29. The summed E-state index contributed by atoms with van der Waals surface area (Å²) in [6.45, 7) is 1.02. The van der Waals surface area contributed by atoms with Gasteiger partial charge >= 0.3 is 0 Å². The largest absolute Gasteiger partial charge is 0.355 e. The lowest BCUT2D eigenvalue weighted by Gasteiger charge is -2.15. The number of fused-ring (bicyclic) bond motifs is 1. The van der Waals surface area contributed by atoms with Gasteiger partial charge in [-0.1, -0.05) is 12.1 Å². The van der Waals surface area contributed by atoms with Gasteiger partial charge in [0.2, 0.25) is 5.91 Å². The molecule has 0 spiro atoms. The van der Waals surface area contributed by atoms with Crippen LogP contribution < -0.4 is 5.32 Å². The molecule has 1 aromatic carbocycles. The topological polar surface area (TPSA) is 86.8 Å². The van der Waals surface area contributed by atoms with Crippen molar-refractivity contribution in [3.05, 3.63) is 29.8 Å². The number of hydrogen-bond acceptors (Lipinski definition) is 5. The number of hydrogen-bond donors (Lipinski definition) is 1. The van der Waals surface area contributed by atoms with Crippen LogP contribution in [0.1, 0.15) is 16.8 Å². The maximum absolute atomic E-state index is 12.3. The predicted octanol–water partition coefficient (Wildman–Crippen LogP) is 0.321. The maximum Gasteiger partial charge on any atom is 0.269 e. The molecular formula is C14H20ClN3O4S. The smallest absolute Gasteiger partial charge is 0.269 e. The summed E-state index contributed by atoms with van der Waals surface area (Å²) in [7, 11) is -0.0541. The van der Waals surface area contributed by atoms with Crippen molar-refractivity contribution >= 4 is 34.2 Å². The molecule has 128 valence electrons. The molecule has 1 N–H and O–H groups in total. The molecule has 0 saturated carbocycles. The second kappa shape index (κ2) is 7.76. The normalized spacial score (nSPS) is 15.3. The number of likely N-dealkylation sites (N-methyl/N-ethyl adjacent to an activating group) is 1. The Labute approximate surface area is 142 Å². The fourth-order valence-corrected chi connectivity index (χ4v) is 3.73. The minimum absolute atomic E-state index is 0. The van der Waals surface area contributed by atoms with E-state index >= 15 is 0 Å². The molecule has 0 saturated heterocycles. The highest BCUT2D eigenvalue weighted by molar-refractivity contribution is 7.90. The number of carbonyl (C=O) groups excluding carboxylic acids is 2. The average Bonchev–Trinajstić information content (AvgIpc) is 2.65. The van der Waals surface area contributed by atoms with E-state index in [9.17, 15) is 18.0 Å². The number of nitrogens with one attached hydrogen (secondary N) is 1. The van der Waals surface area contributed by atoms with E-state index in [2.05, 4.69) is 5.32 Å². The SMILES string of the molecule is CN(C)CCNC(=O)CCN1C(=O)c2ccccc2S1(=O)=O.Cl. The second-order valence-electron chi connectivity index (χ2n) is 5.28. The monoisotopic (exact) mass is 361 g/mol. The third-order valence-corrected chi connectivity index (χ3v) is 5.18. The van der Waals surface area contributed by atoms with E-state index < -0.39 is 15.9 Å². The van der Waals surface area contributed by atoms with Crippen molar-refractivity contribution in [2.24, 2.45) is 0 Å². The Morgan fingerprint density at radius 3 is 2.52 bits per heavy atom. The zero-order valence-corrected chi connectivity index (χ0v) is 14.6. The Morgan fingerprint density at radius 2 is 1.91 bits per heavy atom. The van der Waals surface area contributed by atoms with E-state index in [1.54, 1.807) is 12.1 Å². The van der Waals surface area contributed by atoms with Crippen molar-refractivity contribution < 1.29 is 18.0 Å². The number of rotatable bonds is 6. The van der Waals surface area contributed by atoms with Crippen LogP contribution in [0.2, 0.25) is 0 Å². The molecule has 1 heterocycles. The van der Waals surface area contributed by atoms with Gasteiger partial charge in [0, 0.05) is 26.1 Å². The third kappa shape index (κ3) is 4.21. The lowest BCUT2D eigenvalue weighted by Crippen LogP contribution is -2.36. The Kier molecular flexibility index (Phi) is 6.55. The van der Waals surface area contributed by atoms with E-state index in [-0.39, 0.29) is 41.7 Å². The molecule has 1 aliphatic rings. The fraction of sp³-hybridized carbons (Fsp3) is 0.429. The number of benzene rings is 1. The molecule has 7 nitrogen and oxygen atoms in total. The lowest BCUT2D eigenvalue weighted by molar-refractivity contribution is -0.121. The molecule has 0 atom stereocenters. The van der Waals surface area contributed by atoms with Crippen LogP contribution in [-0.4, -0.2) is 63.2 Å². The van der Waals surface area contributed by atoms with Crippen LogP contribution in [0.3, 0.4) is 0 Å². The number of nitrogens with zero attached hydrogens (tertiary/aromatic N) is 2. The lowest BCUT2D eigenvalue weighted by atomic mass is 10.2. The molecule has 2 rings (SSSR count). The highest BCUT2D eigenvalue weighted by Gasteiger charge is 2.40. The molecule has 0 bridgehead atoms. The minimum atomic E-state index is -3.83. The summed E-state index contributed by atoms with van der Waals surface area (Å²) in [5.41, 5.74) is 0.163. The number of halogens is 1. The summed E-state index contributed by atoms with van der Waals surface area (Å²) in [5, 5.41) is 2.69. The molecule has 0 aliphatic carbocycles. The molecular weight excluding hydrogens is 342 g/mol. The van der Waals surface area contributed by atoms with Crippen molar-refractivity contribution in [3.8, 4) is 0 Å². The zero-order valence-electron chi connectivity index (χ0n) is 13.0. The van der Waals surface area contributed by atoms with Crippen LogP contribution >= 0.6 is 12.4 Å². The van der Waals surface area contributed by atoms with Gasteiger partial charge in [0.1, 0.15) is 4.90 Å². The van der Waals surface area contributed by atoms with Gasteiger partial charge in [-0.05, 0) is 26.2 Å². The van der Waals surface area contributed by atoms with Crippen molar-refractivity contribution in [2.75, 3.05) is 33.7 Å². The Hall–Kier alpha value is -1.64. The average molecular weight is 362 g/mol. The first-order chi connectivity index (χ1) is 10.3. The summed E-state index contributed by atoms with van der Waals surface area (Å²) in [5.74, 6) is -0.850. The Morgan fingerprint density at radius 1 is 1.26 bits per heavy atom. The highest BCUT2D eigenvalue weighted by atomic mass is 35.5.